The fourth-order valence-corrected chi connectivity index (χ4v) is 5.34. The lowest BCUT2D eigenvalue weighted by molar-refractivity contribution is -0.131. The van der Waals surface area contributed by atoms with E-state index in [1.54, 1.807) is 49.2 Å². The van der Waals surface area contributed by atoms with Crippen molar-refractivity contribution in [2.75, 3.05) is 26.2 Å². The lowest BCUT2D eigenvalue weighted by atomic mass is 10.1. The summed E-state index contributed by atoms with van der Waals surface area (Å²) in [6.07, 6.45) is 4.96. The maximum atomic E-state index is 13.0. The minimum absolute atomic E-state index is 0.00204. The van der Waals surface area contributed by atoms with Crippen molar-refractivity contribution < 1.29 is 18.0 Å². The number of carbonyl (C=O) groups is 2. The van der Waals surface area contributed by atoms with Crippen molar-refractivity contribution in [3.05, 3.63) is 47.3 Å². The summed E-state index contributed by atoms with van der Waals surface area (Å²) in [7, 11) is -3.32. The molecule has 0 radical (unpaired) electrons. The van der Waals surface area contributed by atoms with Gasteiger partial charge in [-0.15, -0.1) is 0 Å². The lowest BCUT2D eigenvalue weighted by Crippen LogP contribution is -2.51. The van der Waals surface area contributed by atoms with Crippen molar-refractivity contribution in [3.8, 4) is 0 Å². The number of hydrogen-bond acceptors (Lipinski definition) is 5. The van der Waals surface area contributed by atoms with E-state index in [1.165, 1.54) is 0 Å². The average Bonchev–Trinajstić information content (AvgIpc) is 3.23. The van der Waals surface area contributed by atoms with Gasteiger partial charge in [-0.05, 0) is 50.8 Å². The van der Waals surface area contributed by atoms with Gasteiger partial charge in [0.05, 0.1) is 34.0 Å². The number of nitrogens with zero attached hydrogens (tertiary/aromatic N) is 4. The minimum atomic E-state index is -3.32. The Bertz CT molecular complexity index is 1100. The number of aryl methyl sites for hydroxylation is 1. The molecule has 1 aromatic carbocycles. The van der Waals surface area contributed by atoms with E-state index in [0.717, 1.165) is 37.1 Å². The van der Waals surface area contributed by atoms with Crippen molar-refractivity contribution in [3.63, 3.8) is 0 Å². The number of amides is 2. The standard InChI is InChI=1S/C23H30N4O4S/c1-17(2)32(30,31)19-8-6-18(7-9-19)15-22(28)25-11-13-26(14-12-25)23(29)20-16-24-27-10-4-3-5-21(20)27/h6-9,16-17H,3-5,10-15H2,1-2H3. The molecule has 1 fully saturated rings. The van der Waals surface area contributed by atoms with Gasteiger partial charge in [0.15, 0.2) is 9.84 Å². The zero-order valence-corrected chi connectivity index (χ0v) is 19.5. The smallest absolute Gasteiger partial charge is 0.257 e. The molecule has 0 unspecified atom stereocenters. The number of aromatic nitrogens is 2. The van der Waals surface area contributed by atoms with Crippen LogP contribution in [0.2, 0.25) is 0 Å². The van der Waals surface area contributed by atoms with Crippen LogP contribution in [0.4, 0.5) is 0 Å². The van der Waals surface area contributed by atoms with E-state index in [9.17, 15) is 18.0 Å². The second kappa shape index (κ2) is 9.05. The van der Waals surface area contributed by atoms with Gasteiger partial charge in [0.2, 0.25) is 5.91 Å². The van der Waals surface area contributed by atoms with E-state index < -0.39 is 15.1 Å². The second-order valence-corrected chi connectivity index (χ2v) is 11.3. The van der Waals surface area contributed by atoms with Crippen LogP contribution >= 0.6 is 0 Å². The third kappa shape index (κ3) is 4.44. The molecule has 1 aromatic heterocycles. The number of hydrogen-bond donors (Lipinski definition) is 0. The fourth-order valence-electron chi connectivity index (χ4n) is 4.28. The molecule has 0 spiro atoms. The van der Waals surface area contributed by atoms with E-state index in [0.29, 0.717) is 31.7 Å². The quantitative estimate of drug-likeness (QED) is 0.683. The zero-order chi connectivity index (χ0) is 22.9. The number of rotatable bonds is 5. The van der Waals surface area contributed by atoms with Crippen LogP contribution in [0.1, 0.15) is 48.3 Å². The summed E-state index contributed by atoms with van der Waals surface area (Å²) >= 11 is 0. The first kappa shape index (κ1) is 22.5. The van der Waals surface area contributed by atoms with Crippen LogP contribution in [0.5, 0.6) is 0 Å². The van der Waals surface area contributed by atoms with Crippen LogP contribution in [-0.2, 0) is 34.0 Å². The topological polar surface area (TPSA) is 92.6 Å². The first-order chi connectivity index (χ1) is 15.3. The van der Waals surface area contributed by atoms with Gasteiger partial charge in [0, 0.05) is 32.7 Å². The first-order valence-corrected chi connectivity index (χ1v) is 12.8. The molecule has 3 heterocycles. The maximum Gasteiger partial charge on any atom is 0.257 e. The molecule has 2 aliphatic heterocycles. The van der Waals surface area contributed by atoms with E-state index in [4.69, 9.17) is 0 Å². The van der Waals surface area contributed by atoms with Gasteiger partial charge in [0.25, 0.3) is 5.91 Å². The van der Waals surface area contributed by atoms with Gasteiger partial charge in [-0.1, -0.05) is 12.1 Å². The van der Waals surface area contributed by atoms with Gasteiger partial charge in [-0.2, -0.15) is 5.10 Å². The predicted molar refractivity (Wildman–Crippen MR) is 120 cm³/mol. The van der Waals surface area contributed by atoms with E-state index >= 15 is 0 Å². The Hall–Kier alpha value is -2.68. The monoisotopic (exact) mass is 458 g/mol. The van der Waals surface area contributed by atoms with E-state index in [-0.39, 0.29) is 23.1 Å². The summed E-state index contributed by atoms with van der Waals surface area (Å²) in [4.78, 5) is 29.6. The molecule has 4 rings (SSSR count). The van der Waals surface area contributed by atoms with Gasteiger partial charge in [0.1, 0.15) is 0 Å². The fraction of sp³-hybridized carbons (Fsp3) is 0.522. The SMILES string of the molecule is CC(C)S(=O)(=O)c1ccc(CC(=O)N2CCN(C(=O)c3cnn4c3CCCC4)CC2)cc1. The molecule has 32 heavy (non-hydrogen) atoms. The molecule has 0 aliphatic carbocycles. The molecule has 0 N–H and O–H groups in total. The number of carbonyl (C=O) groups excluding carboxylic acids is 2. The highest BCUT2D eigenvalue weighted by molar-refractivity contribution is 7.92. The van der Waals surface area contributed by atoms with Crippen LogP contribution in [0.15, 0.2) is 35.4 Å². The van der Waals surface area contributed by atoms with Crippen LogP contribution < -0.4 is 0 Å². The molecule has 172 valence electrons. The van der Waals surface area contributed by atoms with Crippen LogP contribution in [-0.4, -0.2) is 71.2 Å². The average molecular weight is 459 g/mol. The molecule has 2 aliphatic rings. The Labute approximate surface area is 189 Å². The molecular weight excluding hydrogens is 428 g/mol. The summed E-state index contributed by atoms with van der Waals surface area (Å²) in [5, 5.41) is 3.88. The Morgan fingerprint density at radius 2 is 1.62 bits per heavy atom. The largest absolute Gasteiger partial charge is 0.339 e. The van der Waals surface area contributed by atoms with Crippen molar-refractivity contribution in [2.45, 2.75) is 56.2 Å². The molecule has 2 amide bonds. The molecule has 8 nitrogen and oxygen atoms in total. The summed E-state index contributed by atoms with van der Waals surface area (Å²) in [5.74, 6) is -0.0123. The molecular formula is C23H30N4O4S. The Morgan fingerprint density at radius 1 is 0.969 bits per heavy atom. The zero-order valence-electron chi connectivity index (χ0n) is 18.7. The summed E-state index contributed by atoms with van der Waals surface area (Å²) in [6.45, 7) is 6.16. The number of fused-ring (bicyclic) bond motifs is 1. The molecule has 1 saturated heterocycles. The molecule has 0 saturated carbocycles. The molecule has 2 aromatic rings. The predicted octanol–water partition coefficient (Wildman–Crippen LogP) is 1.93. The Balaban J connectivity index is 1.33. The van der Waals surface area contributed by atoms with Crippen molar-refractivity contribution in [1.82, 2.24) is 19.6 Å². The van der Waals surface area contributed by atoms with Crippen molar-refractivity contribution in [2.24, 2.45) is 0 Å². The Morgan fingerprint density at radius 3 is 2.28 bits per heavy atom. The van der Waals surface area contributed by atoms with Gasteiger partial charge >= 0.3 is 0 Å². The van der Waals surface area contributed by atoms with Crippen LogP contribution in [0.3, 0.4) is 0 Å². The van der Waals surface area contributed by atoms with E-state index in [1.807, 2.05) is 9.58 Å². The molecule has 0 atom stereocenters. The number of benzene rings is 1. The summed E-state index contributed by atoms with van der Waals surface area (Å²) in [5.41, 5.74) is 2.51. The number of piperazine rings is 1. The Kier molecular flexibility index (Phi) is 6.37. The number of sulfone groups is 1. The van der Waals surface area contributed by atoms with Crippen molar-refractivity contribution in [1.29, 1.82) is 0 Å². The second-order valence-electron chi connectivity index (χ2n) is 8.77. The third-order valence-corrected chi connectivity index (χ3v) is 8.53. The lowest BCUT2D eigenvalue weighted by Gasteiger charge is -2.35. The van der Waals surface area contributed by atoms with Gasteiger partial charge < -0.3 is 9.80 Å². The maximum absolute atomic E-state index is 13.0. The van der Waals surface area contributed by atoms with Crippen LogP contribution in [0.25, 0.3) is 0 Å². The third-order valence-electron chi connectivity index (χ3n) is 6.36. The summed E-state index contributed by atoms with van der Waals surface area (Å²) in [6, 6.07) is 6.55. The first-order valence-electron chi connectivity index (χ1n) is 11.2. The minimum Gasteiger partial charge on any atom is -0.339 e. The molecule has 9 heteroatoms. The summed E-state index contributed by atoms with van der Waals surface area (Å²) < 4.78 is 26.4. The van der Waals surface area contributed by atoms with Crippen molar-refractivity contribution >= 4 is 21.7 Å². The van der Waals surface area contributed by atoms with Gasteiger partial charge in [-0.3, -0.25) is 14.3 Å². The van der Waals surface area contributed by atoms with Gasteiger partial charge in [-0.25, -0.2) is 8.42 Å². The normalized spacial score (nSPS) is 16.8. The highest BCUT2D eigenvalue weighted by atomic mass is 32.2. The highest BCUT2D eigenvalue weighted by Gasteiger charge is 2.28. The molecule has 0 bridgehead atoms. The highest BCUT2D eigenvalue weighted by Crippen LogP contribution is 2.21. The van der Waals surface area contributed by atoms with E-state index in [2.05, 4.69) is 5.10 Å². The van der Waals surface area contributed by atoms with Crippen LogP contribution in [0, 0.1) is 0 Å².